The van der Waals surface area contributed by atoms with Gasteiger partial charge in [0.05, 0.1) is 25.4 Å². The maximum Gasteiger partial charge on any atom is 0.162 e. The number of rotatable bonds is 2. The average Bonchev–Trinajstić information content (AvgIpc) is 2.56. The largest absolute Gasteiger partial charge is 0.377 e. The monoisotopic (exact) mass is 215 g/mol. The predicted octanol–water partition coefficient (Wildman–Crippen LogP) is 0.905. The predicted molar refractivity (Wildman–Crippen MR) is 56.7 cm³/mol. The highest BCUT2D eigenvalue weighted by Gasteiger charge is 2.32. The summed E-state index contributed by atoms with van der Waals surface area (Å²) in [6, 6.07) is 0.746. The zero-order valence-corrected chi connectivity index (χ0v) is 9.79. The minimum absolute atomic E-state index is 0.298. The molecule has 1 N–H and O–H groups in total. The molecule has 0 aromatic heterocycles. The molecule has 0 spiro atoms. The van der Waals surface area contributed by atoms with E-state index >= 15 is 0 Å². The topological polar surface area (TPSA) is 39.7 Å². The second-order valence-corrected chi connectivity index (χ2v) is 4.86. The van der Waals surface area contributed by atoms with Crippen molar-refractivity contribution < 1.29 is 14.2 Å². The second-order valence-electron chi connectivity index (χ2n) is 4.86. The third-order valence-corrected chi connectivity index (χ3v) is 3.09. The molecule has 0 radical (unpaired) electrons. The molecule has 2 rings (SSSR count). The molecule has 2 saturated heterocycles. The van der Waals surface area contributed by atoms with Crippen LogP contribution >= 0.6 is 0 Å². The van der Waals surface area contributed by atoms with E-state index in [1.54, 1.807) is 0 Å². The quantitative estimate of drug-likeness (QED) is 0.743. The Labute approximate surface area is 91.3 Å². The Morgan fingerprint density at radius 3 is 2.40 bits per heavy atom. The van der Waals surface area contributed by atoms with E-state index in [2.05, 4.69) is 12.2 Å². The van der Waals surface area contributed by atoms with Crippen molar-refractivity contribution in [1.29, 1.82) is 0 Å². The molecule has 0 aromatic carbocycles. The third kappa shape index (κ3) is 2.91. The second kappa shape index (κ2) is 4.37. The summed E-state index contributed by atoms with van der Waals surface area (Å²) in [6.45, 7) is 8.30. The SMILES string of the molecule is CC1OCCC1NC1COC(C)(C)OC1. The summed E-state index contributed by atoms with van der Waals surface area (Å²) in [6.07, 6.45) is 1.39. The van der Waals surface area contributed by atoms with Gasteiger partial charge in [-0.1, -0.05) is 0 Å². The smallest absolute Gasteiger partial charge is 0.162 e. The van der Waals surface area contributed by atoms with Gasteiger partial charge in [-0.3, -0.25) is 0 Å². The van der Waals surface area contributed by atoms with Crippen molar-refractivity contribution in [1.82, 2.24) is 5.32 Å². The fourth-order valence-electron chi connectivity index (χ4n) is 2.04. The molecule has 2 unspecified atom stereocenters. The van der Waals surface area contributed by atoms with Crippen LogP contribution in [0.3, 0.4) is 0 Å². The van der Waals surface area contributed by atoms with Crippen LogP contribution in [0.1, 0.15) is 27.2 Å². The normalized spacial score (nSPS) is 37.0. The molecule has 0 saturated carbocycles. The summed E-state index contributed by atoms with van der Waals surface area (Å²) in [5.41, 5.74) is 0. The van der Waals surface area contributed by atoms with E-state index in [0.717, 1.165) is 26.2 Å². The fraction of sp³-hybridized carbons (Fsp3) is 1.00. The van der Waals surface area contributed by atoms with Gasteiger partial charge in [0.15, 0.2) is 5.79 Å². The summed E-state index contributed by atoms with van der Waals surface area (Å²) in [5, 5.41) is 3.53. The molecule has 2 fully saturated rings. The minimum atomic E-state index is -0.421. The first-order valence-electron chi connectivity index (χ1n) is 5.72. The first-order valence-corrected chi connectivity index (χ1v) is 5.72. The molecule has 4 nitrogen and oxygen atoms in total. The van der Waals surface area contributed by atoms with Crippen LogP contribution in [0, 0.1) is 0 Å². The van der Waals surface area contributed by atoms with Gasteiger partial charge < -0.3 is 19.5 Å². The number of ether oxygens (including phenoxy) is 3. The molecule has 2 atom stereocenters. The van der Waals surface area contributed by atoms with Gasteiger partial charge in [-0.15, -0.1) is 0 Å². The Kier molecular flexibility index (Phi) is 3.30. The Morgan fingerprint density at radius 2 is 1.87 bits per heavy atom. The molecule has 0 aromatic rings. The van der Waals surface area contributed by atoms with E-state index in [4.69, 9.17) is 14.2 Å². The summed E-state index contributed by atoms with van der Waals surface area (Å²) in [5.74, 6) is -0.421. The van der Waals surface area contributed by atoms with Crippen molar-refractivity contribution >= 4 is 0 Å². The molecule has 0 bridgehead atoms. The first kappa shape index (κ1) is 11.3. The van der Waals surface area contributed by atoms with Gasteiger partial charge in [-0.05, 0) is 27.2 Å². The molecule has 0 aliphatic carbocycles. The Bertz CT molecular complexity index is 210. The molecule has 2 heterocycles. The molecule has 15 heavy (non-hydrogen) atoms. The van der Waals surface area contributed by atoms with Crippen molar-refractivity contribution in [3.63, 3.8) is 0 Å². The molecule has 4 heteroatoms. The highest BCUT2D eigenvalue weighted by atomic mass is 16.7. The van der Waals surface area contributed by atoms with Crippen molar-refractivity contribution in [2.45, 2.75) is 51.2 Å². The lowest BCUT2D eigenvalue weighted by atomic mass is 10.1. The van der Waals surface area contributed by atoms with E-state index in [0.29, 0.717) is 18.2 Å². The van der Waals surface area contributed by atoms with Crippen LogP contribution in [0.15, 0.2) is 0 Å². The lowest BCUT2D eigenvalue weighted by molar-refractivity contribution is -0.253. The van der Waals surface area contributed by atoms with Gasteiger partial charge >= 0.3 is 0 Å². The Morgan fingerprint density at radius 1 is 1.20 bits per heavy atom. The molecular weight excluding hydrogens is 194 g/mol. The molecule has 88 valence electrons. The van der Waals surface area contributed by atoms with Crippen LogP contribution in [-0.2, 0) is 14.2 Å². The lowest BCUT2D eigenvalue weighted by Gasteiger charge is -2.36. The van der Waals surface area contributed by atoms with Crippen LogP contribution < -0.4 is 5.32 Å². The molecule has 2 aliphatic heterocycles. The summed E-state index contributed by atoms with van der Waals surface area (Å²) in [4.78, 5) is 0. The van der Waals surface area contributed by atoms with Gasteiger partial charge in [0, 0.05) is 12.6 Å². The zero-order valence-electron chi connectivity index (χ0n) is 9.79. The molecule has 2 aliphatic rings. The van der Waals surface area contributed by atoms with Crippen molar-refractivity contribution in [2.24, 2.45) is 0 Å². The number of hydrogen-bond donors (Lipinski definition) is 1. The van der Waals surface area contributed by atoms with E-state index < -0.39 is 5.79 Å². The third-order valence-electron chi connectivity index (χ3n) is 3.09. The van der Waals surface area contributed by atoms with Crippen LogP contribution in [0.5, 0.6) is 0 Å². The van der Waals surface area contributed by atoms with E-state index in [1.807, 2.05) is 13.8 Å². The standard InChI is InChI=1S/C11H21NO3/c1-8-10(4-5-13-8)12-9-6-14-11(2,3)15-7-9/h8-10,12H,4-7H2,1-3H3. The van der Waals surface area contributed by atoms with E-state index in [1.165, 1.54) is 0 Å². The average molecular weight is 215 g/mol. The summed E-state index contributed by atoms with van der Waals surface area (Å²) >= 11 is 0. The Balaban J connectivity index is 1.77. The van der Waals surface area contributed by atoms with Gasteiger partial charge in [0.2, 0.25) is 0 Å². The van der Waals surface area contributed by atoms with Gasteiger partial charge in [-0.2, -0.15) is 0 Å². The van der Waals surface area contributed by atoms with Crippen molar-refractivity contribution in [3.05, 3.63) is 0 Å². The maximum absolute atomic E-state index is 5.60. The highest BCUT2D eigenvalue weighted by Crippen LogP contribution is 2.19. The van der Waals surface area contributed by atoms with Crippen LogP contribution in [0.25, 0.3) is 0 Å². The van der Waals surface area contributed by atoms with E-state index in [9.17, 15) is 0 Å². The number of nitrogens with one attached hydrogen (secondary N) is 1. The van der Waals surface area contributed by atoms with Gasteiger partial charge in [-0.25, -0.2) is 0 Å². The lowest BCUT2D eigenvalue weighted by Crippen LogP contribution is -2.52. The van der Waals surface area contributed by atoms with Gasteiger partial charge in [0.25, 0.3) is 0 Å². The Hall–Kier alpha value is -0.160. The molecule has 0 amide bonds. The molecular formula is C11H21NO3. The van der Waals surface area contributed by atoms with Crippen molar-refractivity contribution in [3.8, 4) is 0 Å². The van der Waals surface area contributed by atoms with Crippen molar-refractivity contribution in [2.75, 3.05) is 19.8 Å². The van der Waals surface area contributed by atoms with Crippen LogP contribution in [0.2, 0.25) is 0 Å². The first-order chi connectivity index (χ1) is 7.07. The maximum atomic E-state index is 5.60. The summed E-state index contributed by atoms with van der Waals surface area (Å²) < 4.78 is 16.7. The summed E-state index contributed by atoms with van der Waals surface area (Å²) in [7, 11) is 0. The fourth-order valence-corrected chi connectivity index (χ4v) is 2.04. The van der Waals surface area contributed by atoms with Crippen LogP contribution in [-0.4, -0.2) is 43.8 Å². The highest BCUT2D eigenvalue weighted by molar-refractivity contribution is 4.84. The van der Waals surface area contributed by atoms with Gasteiger partial charge in [0.1, 0.15) is 0 Å². The van der Waals surface area contributed by atoms with E-state index in [-0.39, 0.29) is 0 Å². The van der Waals surface area contributed by atoms with Crippen LogP contribution in [0.4, 0.5) is 0 Å². The zero-order chi connectivity index (χ0) is 10.9. The minimum Gasteiger partial charge on any atom is -0.377 e. The number of hydrogen-bond acceptors (Lipinski definition) is 4.